The number of carbonyl (C=O) groups is 2. The lowest BCUT2D eigenvalue weighted by Gasteiger charge is -2.12. The molecule has 1 saturated heterocycles. The van der Waals surface area contributed by atoms with Crippen LogP contribution in [0.5, 0.6) is 17.2 Å². The third kappa shape index (κ3) is 4.35. The lowest BCUT2D eigenvalue weighted by molar-refractivity contribution is -0.115. The average molecular weight is 414 g/mol. The molecule has 1 aliphatic rings. The van der Waals surface area contributed by atoms with Crippen molar-refractivity contribution in [2.75, 3.05) is 21.3 Å². The molecule has 0 saturated carbocycles. The topological polar surface area (TPSA) is 106 Å². The van der Waals surface area contributed by atoms with Gasteiger partial charge in [-0.1, -0.05) is 12.1 Å². The number of aromatic carboxylic acids is 1. The largest absolute Gasteiger partial charge is 0.493 e. The van der Waals surface area contributed by atoms with Gasteiger partial charge in [-0.25, -0.2) is 9.79 Å². The van der Waals surface area contributed by atoms with Gasteiger partial charge >= 0.3 is 5.97 Å². The first-order valence-corrected chi connectivity index (χ1v) is 9.20. The van der Waals surface area contributed by atoms with Gasteiger partial charge in [-0.05, 0) is 47.7 Å². The van der Waals surface area contributed by atoms with E-state index in [9.17, 15) is 14.7 Å². The zero-order valence-electron chi connectivity index (χ0n) is 15.9. The summed E-state index contributed by atoms with van der Waals surface area (Å²) in [6.45, 7) is 0. The van der Waals surface area contributed by atoms with E-state index >= 15 is 0 Å². The van der Waals surface area contributed by atoms with E-state index in [0.717, 1.165) is 11.8 Å². The quantitative estimate of drug-likeness (QED) is 0.699. The molecule has 0 spiro atoms. The molecular formula is C20H18N2O6S. The monoisotopic (exact) mass is 414 g/mol. The summed E-state index contributed by atoms with van der Waals surface area (Å²) >= 11 is 1.11. The van der Waals surface area contributed by atoms with Crippen LogP contribution in [0.15, 0.2) is 46.3 Å². The van der Waals surface area contributed by atoms with Crippen LogP contribution in [-0.4, -0.2) is 43.5 Å². The fourth-order valence-corrected chi connectivity index (χ4v) is 3.51. The minimum atomic E-state index is -1.09. The molecule has 0 aromatic heterocycles. The van der Waals surface area contributed by atoms with Crippen LogP contribution >= 0.6 is 11.8 Å². The smallest absolute Gasteiger partial charge is 0.337 e. The van der Waals surface area contributed by atoms with Crippen molar-refractivity contribution < 1.29 is 28.9 Å². The van der Waals surface area contributed by atoms with Crippen molar-refractivity contribution in [3.05, 3.63) is 52.4 Å². The Morgan fingerprint density at radius 3 is 2.34 bits per heavy atom. The first-order valence-electron chi connectivity index (χ1n) is 8.38. The van der Waals surface area contributed by atoms with Gasteiger partial charge in [0.25, 0.3) is 5.91 Å². The van der Waals surface area contributed by atoms with E-state index in [1.165, 1.54) is 27.4 Å². The van der Waals surface area contributed by atoms with Crippen molar-refractivity contribution >= 4 is 40.6 Å². The number of carbonyl (C=O) groups excluding carboxylic acids is 1. The predicted octanol–water partition coefficient (Wildman–Crippen LogP) is 3.30. The fraction of sp³-hybridized carbons (Fsp3) is 0.150. The van der Waals surface area contributed by atoms with Gasteiger partial charge < -0.3 is 24.6 Å². The zero-order valence-corrected chi connectivity index (χ0v) is 16.7. The number of thioether (sulfide) groups is 1. The Bertz CT molecular complexity index is 1010. The number of nitrogens with zero attached hydrogens (tertiary/aromatic N) is 1. The number of amidine groups is 1. The molecule has 2 aromatic rings. The second-order valence-corrected chi connectivity index (χ2v) is 6.79. The van der Waals surface area contributed by atoms with Crippen LogP contribution in [0.3, 0.4) is 0 Å². The van der Waals surface area contributed by atoms with Gasteiger partial charge in [-0.15, -0.1) is 0 Å². The molecular weight excluding hydrogens is 396 g/mol. The third-order valence-corrected chi connectivity index (χ3v) is 4.90. The molecule has 0 atom stereocenters. The van der Waals surface area contributed by atoms with Gasteiger partial charge in [0, 0.05) is 0 Å². The van der Waals surface area contributed by atoms with Crippen molar-refractivity contribution in [1.82, 2.24) is 5.32 Å². The fourth-order valence-electron chi connectivity index (χ4n) is 2.68. The SMILES string of the molecule is COc1cc(C=C2SC(=Nc3ccccc3C(=O)O)NC2=O)cc(OC)c1OC. The van der Waals surface area contributed by atoms with Gasteiger partial charge in [0.1, 0.15) is 0 Å². The van der Waals surface area contributed by atoms with Crippen molar-refractivity contribution in [3.63, 3.8) is 0 Å². The maximum atomic E-state index is 12.3. The van der Waals surface area contributed by atoms with E-state index in [2.05, 4.69) is 10.3 Å². The normalized spacial score (nSPS) is 16.0. The van der Waals surface area contributed by atoms with E-state index in [4.69, 9.17) is 14.2 Å². The molecule has 150 valence electrons. The Hall–Kier alpha value is -3.46. The number of benzene rings is 2. The Morgan fingerprint density at radius 1 is 1.10 bits per heavy atom. The number of aliphatic imine (C=N–C) groups is 1. The highest BCUT2D eigenvalue weighted by atomic mass is 32.2. The van der Waals surface area contributed by atoms with Gasteiger partial charge in [0.15, 0.2) is 16.7 Å². The van der Waals surface area contributed by atoms with E-state index < -0.39 is 5.97 Å². The number of carboxylic acids is 1. The number of para-hydroxylation sites is 1. The highest BCUT2D eigenvalue weighted by molar-refractivity contribution is 8.18. The molecule has 9 heteroatoms. The minimum Gasteiger partial charge on any atom is -0.493 e. The van der Waals surface area contributed by atoms with Crippen LogP contribution < -0.4 is 19.5 Å². The summed E-state index contributed by atoms with van der Waals surface area (Å²) in [6, 6.07) is 9.76. The zero-order chi connectivity index (χ0) is 21.0. The average Bonchev–Trinajstić information content (AvgIpc) is 3.05. The molecule has 8 nitrogen and oxygen atoms in total. The molecule has 1 heterocycles. The molecule has 29 heavy (non-hydrogen) atoms. The maximum absolute atomic E-state index is 12.3. The lowest BCUT2D eigenvalue weighted by atomic mass is 10.1. The van der Waals surface area contributed by atoms with Crippen molar-refractivity contribution in [3.8, 4) is 17.2 Å². The predicted molar refractivity (Wildman–Crippen MR) is 110 cm³/mol. The highest BCUT2D eigenvalue weighted by Gasteiger charge is 2.25. The summed E-state index contributed by atoms with van der Waals surface area (Å²) in [6.07, 6.45) is 1.66. The van der Waals surface area contributed by atoms with Crippen molar-refractivity contribution in [2.45, 2.75) is 0 Å². The molecule has 3 rings (SSSR count). The molecule has 2 aromatic carbocycles. The Morgan fingerprint density at radius 2 is 1.76 bits per heavy atom. The minimum absolute atomic E-state index is 0.0527. The summed E-state index contributed by atoms with van der Waals surface area (Å²) < 4.78 is 15.9. The number of methoxy groups -OCH3 is 3. The number of rotatable bonds is 6. The van der Waals surface area contributed by atoms with Crippen LogP contribution in [0.4, 0.5) is 5.69 Å². The molecule has 0 aliphatic carbocycles. The van der Waals surface area contributed by atoms with E-state index in [-0.39, 0.29) is 17.2 Å². The molecule has 1 amide bonds. The number of ether oxygens (including phenoxy) is 3. The van der Waals surface area contributed by atoms with Crippen LogP contribution in [0.1, 0.15) is 15.9 Å². The Balaban J connectivity index is 1.93. The first kappa shape index (κ1) is 20.3. The summed E-state index contributed by atoms with van der Waals surface area (Å²) in [5.74, 6) is -0.0475. The van der Waals surface area contributed by atoms with Gasteiger partial charge in [-0.3, -0.25) is 4.79 Å². The lowest BCUT2D eigenvalue weighted by Crippen LogP contribution is -2.19. The van der Waals surface area contributed by atoms with Crippen LogP contribution in [-0.2, 0) is 4.79 Å². The Labute approximate surface area is 171 Å². The van der Waals surface area contributed by atoms with Crippen LogP contribution in [0.2, 0.25) is 0 Å². The molecule has 0 radical (unpaired) electrons. The Kier molecular flexibility index (Phi) is 6.08. The van der Waals surface area contributed by atoms with Gasteiger partial charge in [0.05, 0.1) is 37.5 Å². The summed E-state index contributed by atoms with van der Waals surface area (Å²) in [7, 11) is 4.53. The summed E-state index contributed by atoms with van der Waals surface area (Å²) in [5, 5.41) is 12.2. The standard InChI is InChI=1S/C20H18N2O6S/c1-26-14-8-11(9-15(27-2)17(14)28-3)10-16-18(23)22-20(29-16)21-13-7-5-4-6-12(13)19(24)25/h4-10H,1-3H3,(H,24,25)(H,21,22,23). The number of amides is 1. The molecule has 1 aliphatic heterocycles. The van der Waals surface area contributed by atoms with Crippen molar-refractivity contribution in [2.24, 2.45) is 4.99 Å². The van der Waals surface area contributed by atoms with Crippen LogP contribution in [0.25, 0.3) is 6.08 Å². The summed E-state index contributed by atoms with van der Waals surface area (Å²) in [4.78, 5) is 28.3. The molecule has 1 fully saturated rings. The molecule has 0 unspecified atom stereocenters. The molecule has 2 N–H and O–H groups in total. The van der Waals surface area contributed by atoms with E-state index in [1.807, 2.05) is 0 Å². The number of hydrogen-bond donors (Lipinski definition) is 2. The van der Waals surface area contributed by atoms with Crippen molar-refractivity contribution in [1.29, 1.82) is 0 Å². The second-order valence-electron chi connectivity index (χ2n) is 5.76. The maximum Gasteiger partial charge on any atom is 0.337 e. The van der Waals surface area contributed by atoms with E-state index in [1.54, 1.807) is 36.4 Å². The first-order chi connectivity index (χ1) is 14.0. The molecule has 0 bridgehead atoms. The van der Waals surface area contributed by atoms with Crippen LogP contribution in [0, 0.1) is 0 Å². The van der Waals surface area contributed by atoms with E-state index in [0.29, 0.717) is 32.9 Å². The van der Waals surface area contributed by atoms with Gasteiger partial charge in [-0.2, -0.15) is 0 Å². The van der Waals surface area contributed by atoms with Gasteiger partial charge in [0.2, 0.25) is 5.75 Å². The number of carboxylic acid groups (broad SMARTS) is 1. The third-order valence-electron chi connectivity index (χ3n) is 3.99. The second kappa shape index (κ2) is 8.70. The summed E-state index contributed by atoms with van der Waals surface area (Å²) in [5.41, 5.74) is 0.984. The number of hydrogen-bond acceptors (Lipinski definition) is 7. The number of nitrogens with one attached hydrogen (secondary N) is 1. The highest BCUT2D eigenvalue weighted by Crippen LogP contribution is 2.39.